The number of aromatic amines is 1. The van der Waals surface area contributed by atoms with E-state index < -0.39 is 21.1 Å². The summed E-state index contributed by atoms with van der Waals surface area (Å²) in [6.07, 6.45) is 0. The number of benzene rings is 2. The third-order valence-electron chi connectivity index (χ3n) is 3.97. The van der Waals surface area contributed by atoms with Gasteiger partial charge in [-0.05, 0) is 35.9 Å². The lowest BCUT2D eigenvalue weighted by molar-refractivity contribution is 0.595. The molecule has 0 aliphatic rings. The maximum Gasteiger partial charge on any atom is 0.329 e. The van der Waals surface area contributed by atoms with Crippen LogP contribution in [0.15, 0.2) is 56.9 Å². The van der Waals surface area contributed by atoms with E-state index in [1.807, 2.05) is 0 Å². The minimum absolute atomic E-state index is 0.0226. The van der Waals surface area contributed by atoms with Crippen LogP contribution >= 0.6 is 11.6 Å². The van der Waals surface area contributed by atoms with Crippen LogP contribution in [0.1, 0.15) is 12.5 Å². The Morgan fingerprint density at radius 1 is 1.12 bits per heavy atom. The molecule has 0 atom stereocenters. The van der Waals surface area contributed by atoms with Crippen LogP contribution in [-0.4, -0.2) is 23.7 Å². The molecule has 0 saturated carbocycles. The molecule has 0 aliphatic carbocycles. The topological polar surface area (TPSA) is 89.0 Å². The zero-order valence-electron chi connectivity index (χ0n) is 13.3. The van der Waals surface area contributed by atoms with E-state index in [1.54, 1.807) is 31.2 Å². The minimum Gasteiger partial charge on any atom is -0.289 e. The zero-order chi connectivity index (χ0) is 18.2. The average molecular weight is 379 g/mol. The highest BCUT2D eigenvalue weighted by molar-refractivity contribution is 7.91. The van der Waals surface area contributed by atoms with Crippen molar-refractivity contribution in [2.45, 2.75) is 18.4 Å². The first-order chi connectivity index (χ1) is 11.8. The van der Waals surface area contributed by atoms with Crippen LogP contribution < -0.4 is 11.2 Å². The van der Waals surface area contributed by atoms with Crippen molar-refractivity contribution in [1.82, 2.24) is 9.55 Å². The van der Waals surface area contributed by atoms with Crippen molar-refractivity contribution in [1.29, 1.82) is 0 Å². The predicted octanol–water partition coefficient (Wildman–Crippen LogP) is 2.19. The Morgan fingerprint density at radius 3 is 2.56 bits per heavy atom. The van der Waals surface area contributed by atoms with Gasteiger partial charge in [-0.2, -0.15) is 0 Å². The van der Waals surface area contributed by atoms with Gasteiger partial charge in [0.05, 0.1) is 28.1 Å². The normalized spacial score (nSPS) is 11.8. The molecular formula is C17H15ClN2O4S. The van der Waals surface area contributed by atoms with E-state index in [2.05, 4.69) is 4.98 Å². The molecule has 6 nitrogen and oxygen atoms in total. The molecule has 2 aromatic carbocycles. The van der Waals surface area contributed by atoms with Crippen LogP contribution in [0, 0.1) is 0 Å². The largest absolute Gasteiger partial charge is 0.329 e. The van der Waals surface area contributed by atoms with Crippen LogP contribution in [0.5, 0.6) is 0 Å². The second-order valence-electron chi connectivity index (χ2n) is 5.52. The first-order valence-corrected chi connectivity index (χ1v) is 9.59. The van der Waals surface area contributed by atoms with E-state index in [0.717, 1.165) is 0 Å². The number of fused-ring (bicyclic) bond motifs is 1. The van der Waals surface area contributed by atoms with Gasteiger partial charge in [0.15, 0.2) is 9.84 Å². The van der Waals surface area contributed by atoms with Crippen molar-refractivity contribution in [2.24, 2.45) is 0 Å². The first kappa shape index (κ1) is 17.4. The van der Waals surface area contributed by atoms with Crippen LogP contribution in [0.2, 0.25) is 5.02 Å². The Balaban J connectivity index is 2.26. The molecule has 130 valence electrons. The number of nitrogens with zero attached hydrogens (tertiary/aromatic N) is 1. The molecule has 8 heteroatoms. The van der Waals surface area contributed by atoms with Crippen LogP contribution in [0.25, 0.3) is 10.9 Å². The van der Waals surface area contributed by atoms with E-state index in [0.29, 0.717) is 21.5 Å². The maximum atomic E-state index is 12.3. The molecule has 3 aromatic rings. The fraction of sp³-hybridized carbons (Fsp3) is 0.176. The summed E-state index contributed by atoms with van der Waals surface area (Å²) in [5.41, 5.74) is -0.266. The molecule has 0 unspecified atom stereocenters. The van der Waals surface area contributed by atoms with Crippen molar-refractivity contribution in [3.8, 4) is 0 Å². The second-order valence-corrected chi connectivity index (χ2v) is 8.20. The summed E-state index contributed by atoms with van der Waals surface area (Å²) in [5.74, 6) is -0.0666. The van der Waals surface area contributed by atoms with E-state index >= 15 is 0 Å². The van der Waals surface area contributed by atoms with Gasteiger partial charge in [0.2, 0.25) is 0 Å². The molecule has 0 saturated heterocycles. The van der Waals surface area contributed by atoms with Gasteiger partial charge in [0.25, 0.3) is 5.56 Å². The Hall–Kier alpha value is -2.38. The molecule has 0 amide bonds. The fourth-order valence-corrected chi connectivity index (χ4v) is 4.00. The van der Waals surface area contributed by atoms with Gasteiger partial charge in [-0.1, -0.05) is 30.7 Å². The second kappa shape index (κ2) is 6.50. The summed E-state index contributed by atoms with van der Waals surface area (Å²) in [6, 6.07) is 11.1. The Bertz CT molecular complexity index is 1180. The standard InChI is InChI=1S/C17H15ClN2O4S/c1-2-25(23,24)15-8-7-12(18)9-11(15)10-20-14-6-4-3-5-13(14)16(21)19-17(20)22/h3-9H,2,10H2,1H3,(H,19,21,22). The highest BCUT2D eigenvalue weighted by atomic mass is 35.5. The monoisotopic (exact) mass is 378 g/mol. The Morgan fingerprint density at radius 2 is 1.84 bits per heavy atom. The number of H-pyrrole nitrogens is 1. The molecule has 0 aliphatic heterocycles. The van der Waals surface area contributed by atoms with Gasteiger partial charge >= 0.3 is 5.69 Å². The van der Waals surface area contributed by atoms with Gasteiger partial charge in [0, 0.05) is 5.02 Å². The first-order valence-electron chi connectivity index (χ1n) is 7.56. The molecule has 0 bridgehead atoms. The third-order valence-corrected chi connectivity index (χ3v) is 6.03. The van der Waals surface area contributed by atoms with Crippen molar-refractivity contribution >= 4 is 32.3 Å². The summed E-state index contributed by atoms with van der Waals surface area (Å²) in [5, 5.41) is 0.718. The lowest BCUT2D eigenvalue weighted by Gasteiger charge is -2.13. The lowest BCUT2D eigenvalue weighted by atomic mass is 10.2. The van der Waals surface area contributed by atoms with E-state index in [4.69, 9.17) is 11.6 Å². The predicted molar refractivity (Wildman–Crippen MR) is 97.1 cm³/mol. The van der Waals surface area contributed by atoms with Crippen molar-refractivity contribution in [3.63, 3.8) is 0 Å². The number of hydrogen-bond acceptors (Lipinski definition) is 4. The quantitative estimate of drug-likeness (QED) is 0.753. The van der Waals surface area contributed by atoms with Gasteiger partial charge in [-0.25, -0.2) is 13.2 Å². The van der Waals surface area contributed by atoms with Gasteiger partial charge in [0.1, 0.15) is 0 Å². The number of halogens is 1. The Kier molecular flexibility index (Phi) is 4.53. The van der Waals surface area contributed by atoms with Crippen LogP contribution in [0.4, 0.5) is 0 Å². The summed E-state index contributed by atoms with van der Waals surface area (Å²) in [6.45, 7) is 1.53. The van der Waals surface area contributed by atoms with Gasteiger partial charge in [-0.3, -0.25) is 14.3 Å². The number of sulfone groups is 1. The van der Waals surface area contributed by atoms with E-state index in [-0.39, 0.29) is 17.2 Å². The molecule has 25 heavy (non-hydrogen) atoms. The molecule has 1 aromatic heterocycles. The van der Waals surface area contributed by atoms with Gasteiger partial charge in [-0.15, -0.1) is 0 Å². The van der Waals surface area contributed by atoms with Crippen molar-refractivity contribution in [3.05, 3.63) is 73.9 Å². The molecule has 0 spiro atoms. The van der Waals surface area contributed by atoms with Crippen molar-refractivity contribution in [2.75, 3.05) is 5.75 Å². The number of rotatable bonds is 4. The summed E-state index contributed by atoms with van der Waals surface area (Å²) < 4.78 is 26.0. The van der Waals surface area contributed by atoms with Crippen molar-refractivity contribution < 1.29 is 8.42 Å². The molecule has 3 rings (SSSR count). The number of para-hydroxylation sites is 1. The lowest BCUT2D eigenvalue weighted by Crippen LogP contribution is -2.31. The summed E-state index contributed by atoms with van der Waals surface area (Å²) >= 11 is 6.02. The molecular weight excluding hydrogens is 364 g/mol. The molecule has 0 radical (unpaired) electrons. The summed E-state index contributed by atoms with van der Waals surface area (Å²) in [4.78, 5) is 26.6. The van der Waals surface area contributed by atoms with E-state index in [9.17, 15) is 18.0 Å². The third kappa shape index (κ3) is 3.25. The van der Waals surface area contributed by atoms with Crippen LogP contribution in [0.3, 0.4) is 0 Å². The highest BCUT2D eigenvalue weighted by Gasteiger charge is 2.18. The van der Waals surface area contributed by atoms with Crippen LogP contribution in [-0.2, 0) is 16.4 Å². The molecule has 1 N–H and O–H groups in total. The number of hydrogen-bond donors (Lipinski definition) is 1. The molecule has 1 heterocycles. The number of nitrogens with one attached hydrogen (secondary N) is 1. The Labute approximate surface area is 148 Å². The SMILES string of the molecule is CCS(=O)(=O)c1ccc(Cl)cc1Cn1c(=O)[nH]c(=O)c2ccccc21. The smallest absolute Gasteiger partial charge is 0.289 e. The molecule has 0 fully saturated rings. The highest BCUT2D eigenvalue weighted by Crippen LogP contribution is 2.23. The number of aromatic nitrogens is 2. The average Bonchev–Trinajstić information content (AvgIpc) is 2.58. The fourth-order valence-electron chi connectivity index (χ4n) is 2.70. The van der Waals surface area contributed by atoms with Gasteiger partial charge < -0.3 is 0 Å². The minimum atomic E-state index is -3.49. The van der Waals surface area contributed by atoms with E-state index in [1.165, 1.54) is 22.8 Å². The maximum absolute atomic E-state index is 12.3. The zero-order valence-corrected chi connectivity index (χ0v) is 14.9. The summed E-state index contributed by atoms with van der Waals surface area (Å²) in [7, 11) is -3.49.